The van der Waals surface area contributed by atoms with E-state index in [0.717, 1.165) is 29.1 Å². The van der Waals surface area contributed by atoms with Crippen LogP contribution >= 0.6 is 15.9 Å². The fourth-order valence-corrected chi connectivity index (χ4v) is 3.31. The number of hydrogen-bond acceptors (Lipinski definition) is 4. The summed E-state index contributed by atoms with van der Waals surface area (Å²) in [6, 6.07) is 14.1. The molecule has 0 aromatic heterocycles. The van der Waals surface area contributed by atoms with Gasteiger partial charge in [-0.3, -0.25) is 4.79 Å². The minimum Gasteiger partial charge on any atom is -0.383 e. The Morgan fingerprint density at radius 3 is 2.42 bits per heavy atom. The molecule has 0 radical (unpaired) electrons. The third kappa shape index (κ3) is 6.46. The maximum Gasteiger partial charge on any atom is 0.306 e. The van der Waals surface area contributed by atoms with Crippen LogP contribution in [0.25, 0.3) is 0 Å². The van der Waals surface area contributed by atoms with Crippen LogP contribution in [0, 0.1) is 0 Å². The molecule has 0 aliphatic carbocycles. The highest BCUT2D eigenvalue weighted by Gasteiger charge is 2.16. The fraction of sp³-hybridized carbons (Fsp3) is 0.316. The van der Waals surface area contributed by atoms with Crippen molar-refractivity contribution in [3.8, 4) is 5.75 Å². The van der Waals surface area contributed by atoms with Crippen LogP contribution in [0.15, 0.2) is 53.0 Å². The summed E-state index contributed by atoms with van der Waals surface area (Å²) in [6.07, 6.45) is 2.91. The lowest BCUT2D eigenvalue weighted by Crippen LogP contribution is -2.31. The first-order chi connectivity index (χ1) is 12.3. The molecular weight excluding hydrogens is 418 g/mol. The lowest BCUT2D eigenvalue weighted by atomic mass is 10.1. The molecule has 2 aromatic carbocycles. The molecule has 0 spiro atoms. The van der Waals surface area contributed by atoms with E-state index in [2.05, 4.69) is 22.9 Å². The van der Waals surface area contributed by atoms with Gasteiger partial charge in [0.05, 0.1) is 6.26 Å². The van der Waals surface area contributed by atoms with Crippen LogP contribution < -0.4 is 4.18 Å². The van der Waals surface area contributed by atoms with E-state index >= 15 is 0 Å². The molecule has 5 nitrogen and oxygen atoms in total. The van der Waals surface area contributed by atoms with Gasteiger partial charge in [-0.05, 0) is 42.3 Å². The molecule has 0 saturated heterocycles. The average molecular weight is 440 g/mol. The van der Waals surface area contributed by atoms with Crippen molar-refractivity contribution < 1.29 is 17.4 Å². The van der Waals surface area contributed by atoms with Gasteiger partial charge in [0, 0.05) is 23.1 Å². The van der Waals surface area contributed by atoms with E-state index in [0.29, 0.717) is 18.7 Å². The van der Waals surface area contributed by atoms with Crippen molar-refractivity contribution in [3.05, 3.63) is 64.1 Å². The van der Waals surface area contributed by atoms with Crippen molar-refractivity contribution in [2.45, 2.75) is 26.3 Å². The second-order valence-corrected chi connectivity index (χ2v) is 8.51. The standard InChI is InChI=1S/C19H22BrNO4S/c1-3-4-12-21(19(22)16-6-5-7-17(20)13-16)14-15-8-10-18(11-9-15)25-26(2,23)24/h5-11,13H,3-4,12,14H2,1-2H3. The van der Waals surface area contributed by atoms with Gasteiger partial charge in [0.2, 0.25) is 0 Å². The summed E-state index contributed by atoms with van der Waals surface area (Å²) in [5.74, 6) is 0.228. The number of nitrogens with zero attached hydrogens (tertiary/aromatic N) is 1. The molecule has 1 amide bonds. The van der Waals surface area contributed by atoms with Gasteiger partial charge in [-0.2, -0.15) is 8.42 Å². The maximum atomic E-state index is 12.9. The Balaban J connectivity index is 2.15. The first-order valence-electron chi connectivity index (χ1n) is 8.31. The van der Waals surface area contributed by atoms with Crippen LogP contribution in [0.3, 0.4) is 0 Å². The van der Waals surface area contributed by atoms with Gasteiger partial charge in [0.1, 0.15) is 5.75 Å². The Morgan fingerprint density at radius 2 is 1.85 bits per heavy atom. The number of unbranched alkanes of at least 4 members (excludes halogenated alkanes) is 1. The zero-order valence-corrected chi connectivity index (χ0v) is 17.2. The van der Waals surface area contributed by atoms with Crippen LogP contribution in [0.2, 0.25) is 0 Å². The van der Waals surface area contributed by atoms with E-state index in [1.807, 2.05) is 18.2 Å². The van der Waals surface area contributed by atoms with Crippen molar-refractivity contribution in [2.24, 2.45) is 0 Å². The van der Waals surface area contributed by atoms with E-state index in [4.69, 9.17) is 4.18 Å². The smallest absolute Gasteiger partial charge is 0.306 e. The molecule has 0 saturated carbocycles. The second-order valence-electron chi connectivity index (χ2n) is 6.02. The lowest BCUT2D eigenvalue weighted by molar-refractivity contribution is 0.0740. The van der Waals surface area contributed by atoms with Crippen molar-refractivity contribution >= 4 is 32.0 Å². The Hall–Kier alpha value is -1.86. The molecule has 26 heavy (non-hydrogen) atoms. The molecule has 7 heteroatoms. The highest BCUT2D eigenvalue weighted by molar-refractivity contribution is 9.10. The quantitative estimate of drug-likeness (QED) is 0.577. The summed E-state index contributed by atoms with van der Waals surface area (Å²) >= 11 is 3.40. The number of halogens is 1. The molecule has 0 N–H and O–H groups in total. The minimum atomic E-state index is -3.55. The number of hydrogen-bond donors (Lipinski definition) is 0. The molecule has 0 atom stereocenters. The van der Waals surface area contributed by atoms with Crippen LogP contribution in [0.1, 0.15) is 35.7 Å². The summed E-state index contributed by atoms with van der Waals surface area (Å²) in [6.45, 7) is 3.19. The van der Waals surface area contributed by atoms with Gasteiger partial charge < -0.3 is 9.08 Å². The first-order valence-corrected chi connectivity index (χ1v) is 10.9. The van der Waals surface area contributed by atoms with Gasteiger partial charge in [-0.1, -0.05) is 47.5 Å². The van der Waals surface area contributed by atoms with E-state index < -0.39 is 10.1 Å². The van der Waals surface area contributed by atoms with E-state index in [9.17, 15) is 13.2 Å². The topological polar surface area (TPSA) is 63.7 Å². The average Bonchev–Trinajstić information content (AvgIpc) is 2.58. The van der Waals surface area contributed by atoms with Crippen molar-refractivity contribution in [2.75, 3.05) is 12.8 Å². The third-order valence-corrected chi connectivity index (χ3v) is 4.67. The predicted octanol–water partition coefficient (Wildman–Crippen LogP) is 4.23. The number of carbonyl (C=O) groups is 1. The zero-order chi connectivity index (χ0) is 19.2. The molecule has 0 aliphatic heterocycles. The summed E-state index contributed by atoms with van der Waals surface area (Å²) in [5.41, 5.74) is 1.54. The zero-order valence-electron chi connectivity index (χ0n) is 14.8. The number of rotatable bonds is 8. The van der Waals surface area contributed by atoms with Crippen LogP contribution in [-0.2, 0) is 16.7 Å². The Labute approximate surface area is 163 Å². The SMILES string of the molecule is CCCCN(Cc1ccc(OS(C)(=O)=O)cc1)C(=O)c1cccc(Br)c1. The Bertz CT molecular complexity index is 850. The molecule has 0 unspecified atom stereocenters. The van der Waals surface area contributed by atoms with Gasteiger partial charge in [-0.25, -0.2) is 0 Å². The van der Waals surface area contributed by atoms with Crippen LogP contribution in [0.4, 0.5) is 0 Å². The second kappa shape index (κ2) is 9.19. The number of amides is 1. The summed E-state index contributed by atoms with van der Waals surface area (Å²) in [5, 5.41) is 0. The molecular formula is C19H22BrNO4S. The Morgan fingerprint density at radius 1 is 1.15 bits per heavy atom. The summed E-state index contributed by atoms with van der Waals surface area (Å²) in [7, 11) is -3.55. The van der Waals surface area contributed by atoms with Crippen molar-refractivity contribution in [1.29, 1.82) is 0 Å². The molecule has 0 aliphatic rings. The van der Waals surface area contributed by atoms with Gasteiger partial charge in [0.25, 0.3) is 5.91 Å². The highest BCUT2D eigenvalue weighted by Crippen LogP contribution is 2.18. The maximum absolute atomic E-state index is 12.9. The predicted molar refractivity (Wildman–Crippen MR) is 106 cm³/mol. The monoisotopic (exact) mass is 439 g/mol. The largest absolute Gasteiger partial charge is 0.383 e. The van der Waals surface area contributed by atoms with Crippen molar-refractivity contribution in [1.82, 2.24) is 4.90 Å². The number of benzene rings is 2. The fourth-order valence-electron chi connectivity index (χ4n) is 2.45. The van der Waals surface area contributed by atoms with Crippen molar-refractivity contribution in [3.63, 3.8) is 0 Å². The molecule has 140 valence electrons. The summed E-state index contributed by atoms with van der Waals surface area (Å²) in [4.78, 5) is 14.7. The molecule has 0 heterocycles. The molecule has 0 fully saturated rings. The summed E-state index contributed by atoms with van der Waals surface area (Å²) < 4.78 is 28.1. The van der Waals surface area contributed by atoms with E-state index in [-0.39, 0.29) is 11.7 Å². The molecule has 0 bridgehead atoms. The highest BCUT2D eigenvalue weighted by atomic mass is 79.9. The molecule has 2 aromatic rings. The molecule has 2 rings (SSSR count). The normalized spacial score (nSPS) is 11.2. The van der Waals surface area contributed by atoms with Crippen LogP contribution in [0.5, 0.6) is 5.75 Å². The van der Waals surface area contributed by atoms with E-state index in [1.165, 1.54) is 0 Å². The number of carbonyl (C=O) groups excluding carboxylic acids is 1. The van der Waals surface area contributed by atoms with Gasteiger partial charge >= 0.3 is 10.1 Å². The minimum absolute atomic E-state index is 0.0313. The van der Waals surface area contributed by atoms with Crippen LogP contribution in [-0.4, -0.2) is 32.0 Å². The third-order valence-electron chi connectivity index (χ3n) is 3.68. The lowest BCUT2D eigenvalue weighted by Gasteiger charge is -2.23. The van der Waals surface area contributed by atoms with Gasteiger partial charge in [0.15, 0.2) is 0 Å². The first kappa shape index (κ1) is 20.5. The van der Waals surface area contributed by atoms with Gasteiger partial charge in [-0.15, -0.1) is 0 Å². The Kier molecular flexibility index (Phi) is 7.23. The van der Waals surface area contributed by atoms with E-state index in [1.54, 1.807) is 35.2 Å².